The molecule has 0 bridgehead atoms. The van der Waals surface area contributed by atoms with Gasteiger partial charge in [-0.1, -0.05) is 91.9 Å². The second kappa shape index (κ2) is 15.0. The molecule has 3 aromatic rings. The molecule has 2 amide bonds. The highest BCUT2D eigenvalue weighted by atomic mass is 16.2. The summed E-state index contributed by atoms with van der Waals surface area (Å²) in [4.78, 5) is 24.1. The van der Waals surface area contributed by atoms with Gasteiger partial charge in [0.25, 0.3) is 0 Å². The van der Waals surface area contributed by atoms with Crippen LogP contribution >= 0.6 is 0 Å². The van der Waals surface area contributed by atoms with Gasteiger partial charge >= 0.3 is 0 Å². The molecule has 1 unspecified atom stereocenters. The van der Waals surface area contributed by atoms with Crippen LogP contribution < -0.4 is 21.7 Å². The summed E-state index contributed by atoms with van der Waals surface area (Å²) < 4.78 is 0. The van der Waals surface area contributed by atoms with E-state index in [1.54, 1.807) is 31.2 Å². The van der Waals surface area contributed by atoms with Crippen LogP contribution in [0.25, 0.3) is 0 Å². The van der Waals surface area contributed by atoms with Crippen molar-refractivity contribution in [2.75, 3.05) is 6.54 Å². The van der Waals surface area contributed by atoms with Gasteiger partial charge in [-0.2, -0.15) is 0 Å². The lowest BCUT2D eigenvalue weighted by Crippen LogP contribution is -2.47. The lowest BCUT2D eigenvalue weighted by atomic mass is 10.1. The van der Waals surface area contributed by atoms with Crippen molar-refractivity contribution in [1.82, 2.24) is 16.0 Å². The summed E-state index contributed by atoms with van der Waals surface area (Å²) in [5.41, 5.74) is 9.43. The Morgan fingerprint density at radius 1 is 0.829 bits per heavy atom. The van der Waals surface area contributed by atoms with Crippen molar-refractivity contribution in [2.24, 2.45) is 5.73 Å². The van der Waals surface area contributed by atoms with Crippen molar-refractivity contribution in [2.45, 2.75) is 39.4 Å². The molecule has 0 aliphatic carbocycles. The first kappa shape index (κ1) is 27.3. The van der Waals surface area contributed by atoms with Gasteiger partial charge in [-0.15, -0.1) is 0 Å². The summed E-state index contributed by atoms with van der Waals surface area (Å²) in [5, 5.41) is 15.8. The topological polar surface area (TPSA) is 120 Å². The summed E-state index contributed by atoms with van der Waals surface area (Å²) in [5.74, 6) is -0.496. The van der Waals surface area contributed by atoms with Gasteiger partial charge < -0.3 is 21.7 Å². The van der Waals surface area contributed by atoms with E-state index in [2.05, 4.69) is 47.1 Å². The van der Waals surface area contributed by atoms with Crippen LogP contribution in [0.2, 0.25) is 0 Å². The summed E-state index contributed by atoms with van der Waals surface area (Å²) >= 11 is 0. The predicted octanol–water partition coefficient (Wildman–Crippen LogP) is 3.13. The maximum atomic E-state index is 12.1. The minimum atomic E-state index is -0.632. The number of rotatable bonds is 10. The monoisotopic (exact) mass is 473 g/mol. The van der Waals surface area contributed by atoms with Crippen molar-refractivity contribution in [3.8, 4) is 0 Å². The average Bonchev–Trinajstić information content (AvgIpc) is 2.89. The number of carbonyl (C=O) groups excluding carboxylic acids is 2. The van der Waals surface area contributed by atoms with Gasteiger partial charge in [0.2, 0.25) is 11.8 Å². The first-order chi connectivity index (χ1) is 16.9. The molecule has 0 aromatic heterocycles. The molecule has 1 atom stereocenters. The lowest BCUT2D eigenvalue weighted by Gasteiger charge is -2.14. The largest absolute Gasteiger partial charge is 0.384 e. The van der Waals surface area contributed by atoms with Crippen molar-refractivity contribution in [1.29, 1.82) is 5.41 Å². The van der Waals surface area contributed by atoms with E-state index in [9.17, 15) is 9.59 Å². The van der Waals surface area contributed by atoms with Crippen molar-refractivity contribution in [3.05, 3.63) is 107 Å². The minimum Gasteiger partial charge on any atom is -0.384 e. The number of hydrogen-bond acceptors (Lipinski definition) is 4. The summed E-state index contributed by atoms with van der Waals surface area (Å²) in [6, 6.07) is 26.7. The van der Waals surface area contributed by atoms with Crippen LogP contribution in [0, 0.1) is 5.41 Å². The number of nitrogen functional groups attached to an aromatic ring is 1. The Bertz CT molecular complexity index is 1050. The molecular weight excluding hydrogens is 438 g/mol. The van der Waals surface area contributed by atoms with Crippen molar-refractivity contribution in [3.63, 3.8) is 0 Å². The fraction of sp³-hybridized carbons (Fsp3) is 0.250. The quantitative estimate of drug-likeness (QED) is 0.229. The Morgan fingerprint density at radius 2 is 1.37 bits per heavy atom. The Labute approximate surface area is 207 Å². The number of nitrogens with one attached hydrogen (secondary N) is 4. The van der Waals surface area contributed by atoms with E-state index in [0.29, 0.717) is 18.7 Å². The van der Waals surface area contributed by atoms with Gasteiger partial charge in [0, 0.05) is 18.7 Å². The Kier molecular flexibility index (Phi) is 11.7. The van der Waals surface area contributed by atoms with Crippen LogP contribution in [0.15, 0.2) is 84.9 Å². The zero-order valence-electron chi connectivity index (χ0n) is 20.4. The SMILES string of the molecule is CC(NC(=O)CNCc1ccccc1)C(=O)NCc1ccc(C(=N)N)cc1.CCc1ccccc1. The van der Waals surface area contributed by atoms with Gasteiger partial charge in [-0.3, -0.25) is 15.0 Å². The van der Waals surface area contributed by atoms with E-state index in [-0.39, 0.29) is 24.2 Å². The number of amidine groups is 1. The maximum absolute atomic E-state index is 12.1. The van der Waals surface area contributed by atoms with E-state index in [1.807, 2.05) is 36.4 Å². The van der Waals surface area contributed by atoms with Crippen LogP contribution in [-0.2, 0) is 29.1 Å². The molecule has 0 saturated carbocycles. The summed E-state index contributed by atoms with van der Waals surface area (Å²) in [6.07, 6.45) is 1.14. The molecule has 0 radical (unpaired) electrons. The fourth-order valence-electron chi connectivity index (χ4n) is 3.13. The van der Waals surface area contributed by atoms with Gasteiger partial charge in [-0.25, -0.2) is 0 Å². The second-order valence-corrected chi connectivity index (χ2v) is 8.05. The van der Waals surface area contributed by atoms with Crippen LogP contribution in [0.4, 0.5) is 0 Å². The number of carbonyl (C=O) groups is 2. The lowest BCUT2D eigenvalue weighted by molar-refractivity contribution is -0.128. The van der Waals surface area contributed by atoms with Gasteiger partial charge in [0.15, 0.2) is 0 Å². The number of hydrogen-bond donors (Lipinski definition) is 5. The molecule has 3 aromatic carbocycles. The second-order valence-electron chi connectivity index (χ2n) is 8.05. The molecule has 7 nitrogen and oxygen atoms in total. The third-order valence-electron chi connectivity index (χ3n) is 5.21. The van der Waals surface area contributed by atoms with Crippen LogP contribution in [0.1, 0.15) is 36.1 Å². The van der Waals surface area contributed by atoms with Crippen molar-refractivity contribution >= 4 is 17.6 Å². The molecule has 0 spiro atoms. The summed E-state index contributed by atoms with van der Waals surface area (Å²) in [6.45, 7) is 4.87. The Balaban J connectivity index is 0.000000456. The standard InChI is InChI=1S/C20H25N5O2.C8H10/c1-14(25-18(26)13-23-11-15-5-3-2-4-6-15)20(27)24-12-16-7-9-17(10-8-16)19(21)22;1-2-8-6-4-3-5-7-8/h2-10,14,23H,11-13H2,1H3,(H3,21,22)(H,24,27)(H,25,26);3-7H,2H2,1H3. The highest BCUT2D eigenvalue weighted by Crippen LogP contribution is 2.03. The molecule has 0 aliphatic rings. The molecule has 7 heteroatoms. The minimum absolute atomic E-state index is 0.00259. The molecule has 35 heavy (non-hydrogen) atoms. The Hall–Kier alpha value is -3.97. The number of benzene rings is 3. The molecule has 0 fully saturated rings. The average molecular weight is 474 g/mol. The molecule has 0 heterocycles. The normalized spacial score (nSPS) is 10.9. The highest BCUT2D eigenvalue weighted by molar-refractivity contribution is 5.94. The molecule has 3 rings (SSSR count). The van der Waals surface area contributed by atoms with Gasteiger partial charge in [-0.05, 0) is 30.0 Å². The molecule has 0 aliphatic heterocycles. The predicted molar refractivity (Wildman–Crippen MR) is 141 cm³/mol. The number of nitrogens with two attached hydrogens (primary N) is 1. The smallest absolute Gasteiger partial charge is 0.242 e. The van der Waals surface area contributed by atoms with Gasteiger partial charge in [0.05, 0.1) is 6.54 Å². The highest BCUT2D eigenvalue weighted by Gasteiger charge is 2.15. The third kappa shape index (κ3) is 10.7. The third-order valence-corrected chi connectivity index (χ3v) is 5.21. The van der Waals surface area contributed by atoms with E-state index in [1.165, 1.54) is 5.56 Å². The van der Waals surface area contributed by atoms with E-state index in [4.69, 9.17) is 11.1 Å². The Morgan fingerprint density at radius 3 is 1.89 bits per heavy atom. The zero-order valence-corrected chi connectivity index (χ0v) is 20.4. The van der Waals surface area contributed by atoms with E-state index >= 15 is 0 Å². The zero-order chi connectivity index (χ0) is 25.5. The molecular formula is C28H35N5O2. The van der Waals surface area contributed by atoms with Crippen LogP contribution in [-0.4, -0.2) is 30.2 Å². The molecule has 6 N–H and O–H groups in total. The number of aryl methyl sites for hydroxylation is 1. The van der Waals surface area contributed by atoms with E-state index < -0.39 is 6.04 Å². The first-order valence-electron chi connectivity index (χ1n) is 11.7. The molecule has 0 saturated heterocycles. The fourth-order valence-corrected chi connectivity index (χ4v) is 3.13. The van der Waals surface area contributed by atoms with Crippen LogP contribution in [0.5, 0.6) is 0 Å². The van der Waals surface area contributed by atoms with Crippen LogP contribution in [0.3, 0.4) is 0 Å². The maximum Gasteiger partial charge on any atom is 0.242 e. The van der Waals surface area contributed by atoms with Gasteiger partial charge in [0.1, 0.15) is 11.9 Å². The number of amides is 2. The van der Waals surface area contributed by atoms with E-state index in [0.717, 1.165) is 17.5 Å². The van der Waals surface area contributed by atoms with Crippen molar-refractivity contribution < 1.29 is 9.59 Å². The molecule has 184 valence electrons. The summed E-state index contributed by atoms with van der Waals surface area (Å²) in [7, 11) is 0. The first-order valence-corrected chi connectivity index (χ1v) is 11.7.